The molecule has 108 valence electrons. The second-order valence-corrected chi connectivity index (χ2v) is 6.49. The smallest absolute Gasteiger partial charge is 0.212 e. The van der Waals surface area contributed by atoms with Crippen molar-refractivity contribution in [1.29, 1.82) is 0 Å². The fourth-order valence-electron chi connectivity index (χ4n) is 2.33. The van der Waals surface area contributed by atoms with Crippen LogP contribution in [0.3, 0.4) is 0 Å². The van der Waals surface area contributed by atoms with E-state index < -0.39 is 9.84 Å². The van der Waals surface area contributed by atoms with E-state index >= 15 is 0 Å². The number of hydrogen-bond donors (Lipinski definition) is 1. The summed E-state index contributed by atoms with van der Waals surface area (Å²) in [4.78, 5) is 4.15. The van der Waals surface area contributed by atoms with Crippen LogP contribution in [0, 0.1) is 13.8 Å². The number of aryl methyl sites for hydroxylation is 2. The summed E-state index contributed by atoms with van der Waals surface area (Å²) in [5.41, 5.74) is 0.544. The fraction of sp³-hybridized carbons (Fsp3) is 0.143. The van der Waals surface area contributed by atoms with Crippen LogP contribution in [0.4, 0.5) is 0 Å². The van der Waals surface area contributed by atoms with Crippen molar-refractivity contribution >= 4 is 20.7 Å². The van der Waals surface area contributed by atoms with Gasteiger partial charge in [0.1, 0.15) is 16.2 Å². The van der Waals surface area contributed by atoms with Gasteiger partial charge in [0.2, 0.25) is 9.84 Å². The molecular weight excluding hydrogens is 292 g/mol. The number of phenolic OH excluding ortho intramolecular Hbond substituents is 1. The molecule has 1 N–H and O–H groups in total. The van der Waals surface area contributed by atoms with Crippen LogP contribution in [-0.4, -0.2) is 23.7 Å². The Labute approximate surface area is 121 Å². The summed E-state index contributed by atoms with van der Waals surface area (Å²) in [6, 6.07) is 5.90. The van der Waals surface area contributed by atoms with Gasteiger partial charge in [0.25, 0.3) is 0 Å². The molecule has 0 aliphatic carbocycles. The molecule has 0 fully saturated rings. The first-order chi connectivity index (χ1) is 9.93. The highest BCUT2D eigenvalue weighted by atomic mass is 32.2. The summed E-state index contributed by atoms with van der Waals surface area (Å²) < 4.78 is 30.6. The average Bonchev–Trinajstić information content (AvgIpc) is 2.79. The molecule has 6 nitrogen and oxygen atoms in total. The molecular formula is C14H12N2O4S. The number of phenols is 1. The highest BCUT2D eigenvalue weighted by Gasteiger charge is 2.28. The van der Waals surface area contributed by atoms with Gasteiger partial charge < -0.3 is 9.63 Å². The predicted octanol–water partition coefficient (Wildman–Crippen LogP) is 2.38. The van der Waals surface area contributed by atoms with Crippen LogP contribution in [0.15, 0.2) is 44.8 Å². The van der Waals surface area contributed by atoms with E-state index in [-0.39, 0.29) is 26.8 Å². The van der Waals surface area contributed by atoms with Gasteiger partial charge in [-0.15, -0.1) is 0 Å². The average molecular weight is 304 g/mol. The lowest BCUT2D eigenvalue weighted by Crippen LogP contribution is -2.05. The van der Waals surface area contributed by atoms with Crippen LogP contribution in [-0.2, 0) is 9.84 Å². The number of sulfone groups is 1. The summed E-state index contributed by atoms with van der Waals surface area (Å²) >= 11 is 0. The molecule has 0 bridgehead atoms. The predicted molar refractivity (Wildman–Crippen MR) is 74.8 cm³/mol. The maximum atomic E-state index is 12.9. The van der Waals surface area contributed by atoms with Crippen LogP contribution >= 0.6 is 0 Å². The number of nitrogens with zero attached hydrogens (tertiary/aromatic N) is 2. The van der Waals surface area contributed by atoms with Gasteiger partial charge in [-0.2, -0.15) is 0 Å². The summed E-state index contributed by atoms with van der Waals surface area (Å²) in [6.45, 7) is 3.12. The van der Waals surface area contributed by atoms with Gasteiger partial charge in [-0.05, 0) is 38.1 Å². The zero-order valence-electron chi connectivity index (χ0n) is 11.4. The van der Waals surface area contributed by atoms with Gasteiger partial charge in [0, 0.05) is 11.6 Å². The molecule has 0 aliphatic rings. The molecule has 0 unspecified atom stereocenters. The molecule has 0 radical (unpaired) electrons. The molecule has 1 aromatic carbocycles. The van der Waals surface area contributed by atoms with Crippen molar-refractivity contribution in [3.8, 4) is 5.75 Å². The molecule has 21 heavy (non-hydrogen) atoms. The van der Waals surface area contributed by atoms with Crippen molar-refractivity contribution < 1.29 is 18.0 Å². The first-order valence-electron chi connectivity index (χ1n) is 6.17. The van der Waals surface area contributed by atoms with E-state index in [1.165, 1.54) is 18.3 Å². The minimum absolute atomic E-state index is 0.0540. The Kier molecular flexibility index (Phi) is 2.94. The zero-order valence-corrected chi connectivity index (χ0v) is 12.2. The normalized spacial score (nSPS) is 11.9. The maximum absolute atomic E-state index is 12.9. The lowest BCUT2D eigenvalue weighted by molar-refractivity contribution is 0.390. The zero-order chi connectivity index (χ0) is 15.2. The van der Waals surface area contributed by atoms with E-state index in [1.807, 2.05) is 0 Å². The van der Waals surface area contributed by atoms with Crippen molar-refractivity contribution in [2.45, 2.75) is 23.6 Å². The number of aromatic hydroxyl groups is 1. The lowest BCUT2D eigenvalue weighted by atomic mass is 10.2. The molecule has 0 atom stereocenters. The quantitative estimate of drug-likeness (QED) is 0.781. The van der Waals surface area contributed by atoms with Gasteiger partial charge in [-0.25, -0.2) is 8.42 Å². The molecule has 3 aromatic rings. The number of benzene rings is 1. The van der Waals surface area contributed by atoms with Crippen LogP contribution < -0.4 is 0 Å². The molecule has 0 spiro atoms. The monoisotopic (exact) mass is 304 g/mol. The van der Waals surface area contributed by atoms with E-state index in [2.05, 4.69) is 10.1 Å². The van der Waals surface area contributed by atoms with E-state index in [4.69, 9.17) is 4.52 Å². The Hall–Kier alpha value is -2.41. The highest BCUT2D eigenvalue weighted by molar-refractivity contribution is 7.91. The third-order valence-corrected chi connectivity index (χ3v) is 5.29. The molecule has 0 saturated heterocycles. The molecule has 3 rings (SSSR count). The van der Waals surface area contributed by atoms with Crippen molar-refractivity contribution in [3.05, 3.63) is 41.9 Å². The summed E-state index contributed by atoms with van der Waals surface area (Å²) in [5, 5.41) is 13.9. The summed E-state index contributed by atoms with van der Waals surface area (Å²) in [6.07, 6.45) is 1.49. The Bertz CT molecular complexity index is 925. The highest BCUT2D eigenvalue weighted by Crippen LogP contribution is 2.34. The van der Waals surface area contributed by atoms with Gasteiger partial charge in [0.05, 0.1) is 10.6 Å². The van der Waals surface area contributed by atoms with E-state index in [0.29, 0.717) is 11.1 Å². The van der Waals surface area contributed by atoms with Crippen LogP contribution in [0.2, 0.25) is 0 Å². The minimum Gasteiger partial charge on any atom is -0.506 e. The topological polar surface area (TPSA) is 93.3 Å². The van der Waals surface area contributed by atoms with E-state index in [9.17, 15) is 13.5 Å². The summed E-state index contributed by atoms with van der Waals surface area (Å²) in [5.74, 6) is 0.168. The second kappa shape index (κ2) is 4.56. The SMILES string of the molecule is Cc1noc(C)c1S(=O)(=O)c1ccc(O)c2ncccc12. The van der Waals surface area contributed by atoms with Gasteiger partial charge in [-0.3, -0.25) is 4.98 Å². The van der Waals surface area contributed by atoms with Crippen molar-refractivity contribution in [1.82, 2.24) is 10.1 Å². The first kappa shape index (κ1) is 13.6. The van der Waals surface area contributed by atoms with Crippen molar-refractivity contribution in [2.24, 2.45) is 0 Å². The molecule has 7 heteroatoms. The maximum Gasteiger partial charge on any atom is 0.212 e. The third kappa shape index (κ3) is 1.97. The largest absolute Gasteiger partial charge is 0.506 e. The molecule has 2 aromatic heterocycles. The molecule has 2 heterocycles. The van der Waals surface area contributed by atoms with Gasteiger partial charge in [0.15, 0.2) is 5.76 Å². The third-order valence-electron chi connectivity index (χ3n) is 3.23. The van der Waals surface area contributed by atoms with Crippen molar-refractivity contribution in [3.63, 3.8) is 0 Å². The van der Waals surface area contributed by atoms with Gasteiger partial charge in [-0.1, -0.05) is 5.16 Å². The fourth-order valence-corrected chi connectivity index (χ4v) is 4.10. The van der Waals surface area contributed by atoms with E-state index in [0.717, 1.165) is 0 Å². The number of fused-ring (bicyclic) bond motifs is 1. The Morgan fingerprint density at radius 3 is 2.62 bits per heavy atom. The Morgan fingerprint density at radius 1 is 1.19 bits per heavy atom. The Morgan fingerprint density at radius 2 is 1.95 bits per heavy atom. The number of aromatic nitrogens is 2. The minimum atomic E-state index is -3.81. The van der Waals surface area contributed by atoms with Crippen LogP contribution in [0.25, 0.3) is 10.9 Å². The standard InChI is InChI=1S/C14H12N2O4S/c1-8-14(9(2)20-16-8)21(18,19)12-6-5-11(17)13-10(12)4-3-7-15-13/h3-7,17H,1-2H3. The lowest BCUT2D eigenvalue weighted by Gasteiger charge is -2.08. The van der Waals surface area contributed by atoms with Crippen LogP contribution in [0.1, 0.15) is 11.5 Å². The van der Waals surface area contributed by atoms with Crippen LogP contribution in [0.5, 0.6) is 5.75 Å². The Balaban J connectivity index is 2.38. The van der Waals surface area contributed by atoms with E-state index in [1.54, 1.807) is 26.0 Å². The first-order valence-corrected chi connectivity index (χ1v) is 7.66. The molecule has 0 saturated carbocycles. The number of rotatable bonds is 2. The van der Waals surface area contributed by atoms with Crippen molar-refractivity contribution in [2.75, 3.05) is 0 Å². The number of hydrogen-bond acceptors (Lipinski definition) is 6. The van der Waals surface area contributed by atoms with Gasteiger partial charge >= 0.3 is 0 Å². The second-order valence-electron chi connectivity index (χ2n) is 4.64. The molecule has 0 aliphatic heterocycles. The number of pyridine rings is 1. The summed E-state index contributed by atoms with van der Waals surface area (Å²) in [7, 11) is -3.81. The molecule has 0 amide bonds.